The summed E-state index contributed by atoms with van der Waals surface area (Å²) in [4.78, 5) is 8.57. The Labute approximate surface area is 53.2 Å². The average Bonchev–Trinajstić information content (AvgIpc) is 1.84. The summed E-state index contributed by atoms with van der Waals surface area (Å²) < 4.78 is 14.7. The first kappa shape index (κ1) is 9.07. The van der Waals surface area contributed by atoms with Gasteiger partial charge in [0, 0.05) is 0 Å². The minimum atomic E-state index is -3.60. The third-order valence-electron chi connectivity index (χ3n) is 0.640. The molecule has 0 radical (unpaired) electrons. The van der Waals surface area contributed by atoms with E-state index in [0.717, 1.165) is 0 Å². The van der Waals surface area contributed by atoms with Crippen molar-refractivity contribution >= 4 is 7.75 Å². The van der Waals surface area contributed by atoms with Gasteiger partial charge in [-0.25, -0.2) is 9.65 Å². The molecule has 0 aliphatic heterocycles. The molecule has 0 aromatic rings. The molecule has 56 valence electrons. The Morgan fingerprint density at radius 3 is 2.67 bits per heavy atom. The predicted molar refractivity (Wildman–Crippen MR) is 31.9 cm³/mol. The monoisotopic (exact) mass is 155 g/mol. The number of nitrogens with one attached hydrogen (secondary N) is 1. The fraction of sp³-hybridized carbons (Fsp3) is 1.00. The Bertz CT molecular complexity index is 116. The highest BCUT2D eigenvalue weighted by atomic mass is 31.2. The predicted octanol–water partition coefficient (Wildman–Crippen LogP) is -0.685. The van der Waals surface area contributed by atoms with Gasteiger partial charge < -0.3 is 10.00 Å². The number of hydrogen-bond donors (Lipinski definition) is 3. The molecule has 1 unspecified atom stereocenters. The van der Waals surface area contributed by atoms with Gasteiger partial charge in [0.25, 0.3) is 0 Å². The van der Waals surface area contributed by atoms with Crippen molar-refractivity contribution in [3.63, 3.8) is 0 Å². The lowest BCUT2D eigenvalue weighted by molar-refractivity contribution is 0.180. The molecule has 0 fully saturated rings. The summed E-state index contributed by atoms with van der Waals surface area (Å²) in [6.07, 6.45) is 0. The maximum Gasteiger partial charge on any atom is 0.402 e. The first-order chi connectivity index (χ1) is 4.12. The third kappa shape index (κ3) is 4.57. The second-order valence-electron chi connectivity index (χ2n) is 1.30. The summed E-state index contributed by atoms with van der Waals surface area (Å²) in [6, 6.07) is 0. The van der Waals surface area contributed by atoms with Crippen molar-refractivity contribution in [3.05, 3.63) is 0 Å². The van der Waals surface area contributed by atoms with Crippen LogP contribution in [0.15, 0.2) is 0 Å². The van der Waals surface area contributed by atoms with Gasteiger partial charge in [0.1, 0.15) is 0 Å². The molecule has 5 nitrogen and oxygen atoms in total. The first-order valence-corrected chi connectivity index (χ1v) is 3.97. The number of aliphatic hydroxyl groups excluding tert-OH is 1. The van der Waals surface area contributed by atoms with Crippen molar-refractivity contribution in [3.8, 4) is 0 Å². The van der Waals surface area contributed by atoms with Gasteiger partial charge >= 0.3 is 7.75 Å². The summed E-state index contributed by atoms with van der Waals surface area (Å²) in [7, 11) is -2.30. The van der Waals surface area contributed by atoms with Crippen molar-refractivity contribution in [2.45, 2.75) is 0 Å². The summed E-state index contributed by atoms with van der Waals surface area (Å²) in [5.74, 6) is 0. The van der Waals surface area contributed by atoms with Crippen molar-refractivity contribution in [1.82, 2.24) is 5.09 Å². The molecule has 0 rings (SSSR count). The molecule has 0 aliphatic carbocycles. The lowest BCUT2D eigenvalue weighted by Crippen LogP contribution is -2.07. The molecule has 1 atom stereocenters. The van der Waals surface area contributed by atoms with Crippen LogP contribution in [0.1, 0.15) is 0 Å². The second-order valence-corrected chi connectivity index (χ2v) is 3.05. The molecule has 0 saturated carbocycles. The summed E-state index contributed by atoms with van der Waals surface area (Å²) in [5.41, 5.74) is 0. The number of aliphatic hydroxyl groups is 1. The molecule has 0 aromatic heterocycles. The Balaban J connectivity index is 3.46. The van der Waals surface area contributed by atoms with Crippen LogP contribution in [0.4, 0.5) is 0 Å². The molecule has 0 bridgehead atoms. The van der Waals surface area contributed by atoms with Crippen LogP contribution >= 0.6 is 7.75 Å². The van der Waals surface area contributed by atoms with Gasteiger partial charge in [-0.3, -0.25) is 4.52 Å². The van der Waals surface area contributed by atoms with Gasteiger partial charge in [0.15, 0.2) is 0 Å². The van der Waals surface area contributed by atoms with Crippen molar-refractivity contribution < 1.29 is 19.1 Å². The first-order valence-electron chi connectivity index (χ1n) is 2.39. The average molecular weight is 155 g/mol. The zero-order valence-electron chi connectivity index (χ0n) is 5.07. The largest absolute Gasteiger partial charge is 0.402 e. The lowest BCUT2D eigenvalue weighted by atomic mass is 10.8. The molecule has 3 N–H and O–H groups in total. The van der Waals surface area contributed by atoms with E-state index in [1.165, 1.54) is 7.05 Å². The van der Waals surface area contributed by atoms with E-state index in [9.17, 15) is 4.57 Å². The molecule has 0 amide bonds. The van der Waals surface area contributed by atoms with Gasteiger partial charge in [-0.2, -0.15) is 0 Å². The quantitative estimate of drug-likeness (QED) is 0.468. The highest BCUT2D eigenvalue weighted by Crippen LogP contribution is 2.34. The fourth-order valence-electron chi connectivity index (χ4n) is 0.229. The van der Waals surface area contributed by atoms with E-state index in [1.54, 1.807) is 0 Å². The molecule has 6 heteroatoms. The fourth-order valence-corrected chi connectivity index (χ4v) is 0.687. The Morgan fingerprint density at radius 2 is 2.33 bits per heavy atom. The van der Waals surface area contributed by atoms with Crippen LogP contribution in [-0.4, -0.2) is 30.3 Å². The maximum absolute atomic E-state index is 10.5. The van der Waals surface area contributed by atoms with E-state index in [2.05, 4.69) is 9.61 Å². The Hall–Kier alpha value is 0.0700. The van der Waals surface area contributed by atoms with Crippen LogP contribution < -0.4 is 5.09 Å². The van der Waals surface area contributed by atoms with Crippen LogP contribution in [0.3, 0.4) is 0 Å². The second kappa shape index (κ2) is 3.98. The van der Waals surface area contributed by atoms with Crippen LogP contribution in [0.5, 0.6) is 0 Å². The van der Waals surface area contributed by atoms with Crippen molar-refractivity contribution in [2.75, 3.05) is 20.3 Å². The topological polar surface area (TPSA) is 78.8 Å². The molecule has 9 heavy (non-hydrogen) atoms. The normalized spacial score (nSPS) is 17.2. The SMILES string of the molecule is CNP(=O)(O)OCCO. The van der Waals surface area contributed by atoms with Crippen LogP contribution in [-0.2, 0) is 9.09 Å². The Kier molecular flexibility index (Phi) is 4.01. The lowest BCUT2D eigenvalue weighted by Gasteiger charge is -2.07. The van der Waals surface area contributed by atoms with E-state index in [0.29, 0.717) is 0 Å². The zero-order chi connectivity index (χ0) is 7.33. The van der Waals surface area contributed by atoms with E-state index in [-0.39, 0.29) is 13.2 Å². The summed E-state index contributed by atoms with van der Waals surface area (Å²) >= 11 is 0. The molecule has 0 aromatic carbocycles. The van der Waals surface area contributed by atoms with E-state index in [1.807, 2.05) is 0 Å². The Morgan fingerprint density at radius 1 is 1.78 bits per heavy atom. The smallest absolute Gasteiger partial charge is 0.394 e. The van der Waals surface area contributed by atoms with Crippen LogP contribution in [0.2, 0.25) is 0 Å². The van der Waals surface area contributed by atoms with E-state index >= 15 is 0 Å². The highest BCUT2D eigenvalue weighted by Gasteiger charge is 2.13. The van der Waals surface area contributed by atoms with Crippen LogP contribution in [0, 0.1) is 0 Å². The van der Waals surface area contributed by atoms with E-state index in [4.69, 9.17) is 10.00 Å². The van der Waals surface area contributed by atoms with Crippen molar-refractivity contribution in [1.29, 1.82) is 0 Å². The van der Waals surface area contributed by atoms with E-state index < -0.39 is 7.75 Å². The molecular formula is C3H10NO4P. The summed E-state index contributed by atoms with van der Waals surface area (Å²) in [6.45, 7) is -0.388. The number of rotatable bonds is 4. The van der Waals surface area contributed by atoms with Gasteiger partial charge in [-0.15, -0.1) is 0 Å². The van der Waals surface area contributed by atoms with Gasteiger partial charge in [-0.05, 0) is 7.05 Å². The minimum absolute atomic E-state index is 0.130. The van der Waals surface area contributed by atoms with Gasteiger partial charge in [-0.1, -0.05) is 0 Å². The van der Waals surface area contributed by atoms with Crippen molar-refractivity contribution in [2.24, 2.45) is 0 Å². The van der Waals surface area contributed by atoms with Gasteiger partial charge in [0.2, 0.25) is 0 Å². The third-order valence-corrected chi connectivity index (χ3v) is 1.74. The number of hydrogen-bond acceptors (Lipinski definition) is 3. The van der Waals surface area contributed by atoms with Crippen LogP contribution in [0.25, 0.3) is 0 Å². The highest BCUT2D eigenvalue weighted by molar-refractivity contribution is 7.50. The molecule has 0 aliphatic rings. The minimum Gasteiger partial charge on any atom is -0.394 e. The molecule has 0 spiro atoms. The molecule has 0 saturated heterocycles. The van der Waals surface area contributed by atoms with Gasteiger partial charge in [0.05, 0.1) is 13.2 Å². The molecule has 0 heterocycles. The maximum atomic E-state index is 10.5. The zero-order valence-corrected chi connectivity index (χ0v) is 5.97. The molecular weight excluding hydrogens is 145 g/mol. The summed E-state index contributed by atoms with van der Waals surface area (Å²) in [5, 5.41) is 10.2. The standard InChI is InChI=1S/C3H10NO4P/c1-4-9(6,7)8-3-2-5/h5H,2-3H2,1H3,(H2,4,6,7).